The second-order valence-corrected chi connectivity index (χ2v) is 7.03. The number of carbonyl (C=O) groups excluding carboxylic acids is 1. The first-order chi connectivity index (χ1) is 13.5. The lowest BCUT2D eigenvalue weighted by atomic mass is 10.1. The molecule has 2 N–H and O–H groups in total. The van der Waals surface area contributed by atoms with Crippen molar-refractivity contribution in [2.24, 2.45) is 0 Å². The van der Waals surface area contributed by atoms with Gasteiger partial charge in [-0.05, 0) is 49.1 Å². The lowest BCUT2D eigenvalue weighted by molar-refractivity contribution is 0.0945. The smallest absolute Gasteiger partial charge is 0.270 e. The van der Waals surface area contributed by atoms with Gasteiger partial charge in [0.1, 0.15) is 17.3 Å². The third-order valence-electron chi connectivity index (χ3n) is 4.40. The number of aryl methyl sites for hydroxylation is 2. The van der Waals surface area contributed by atoms with Gasteiger partial charge in [-0.1, -0.05) is 48.0 Å². The molecule has 0 aliphatic rings. The molecule has 1 aromatic heterocycles. The molecular weight excluding hydrogens is 372 g/mol. The van der Waals surface area contributed by atoms with E-state index >= 15 is 0 Å². The van der Waals surface area contributed by atoms with Crippen LogP contribution in [0.2, 0.25) is 5.02 Å². The van der Waals surface area contributed by atoms with E-state index in [2.05, 4.69) is 20.6 Å². The molecule has 1 amide bonds. The molecule has 5 nitrogen and oxygen atoms in total. The Morgan fingerprint density at radius 3 is 2.54 bits per heavy atom. The number of hydrogen-bond acceptors (Lipinski definition) is 4. The molecule has 3 rings (SSSR count). The molecule has 28 heavy (non-hydrogen) atoms. The maximum Gasteiger partial charge on any atom is 0.270 e. The van der Waals surface area contributed by atoms with Crippen molar-refractivity contribution in [2.75, 3.05) is 11.9 Å². The number of aromatic nitrogens is 2. The van der Waals surface area contributed by atoms with E-state index in [0.29, 0.717) is 30.4 Å². The number of rotatable bonds is 7. The van der Waals surface area contributed by atoms with Crippen LogP contribution in [0.3, 0.4) is 0 Å². The van der Waals surface area contributed by atoms with Crippen LogP contribution in [0.4, 0.5) is 5.82 Å². The summed E-state index contributed by atoms with van der Waals surface area (Å²) in [6.45, 7) is 4.97. The first-order valence-electron chi connectivity index (χ1n) is 9.18. The lowest BCUT2D eigenvalue weighted by Gasteiger charge is -2.10. The summed E-state index contributed by atoms with van der Waals surface area (Å²) in [7, 11) is 0. The molecule has 0 unspecified atom stereocenters. The van der Waals surface area contributed by atoms with E-state index in [1.54, 1.807) is 13.0 Å². The maximum absolute atomic E-state index is 12.5. The van der Waals surface area contributed by atoms with E-state index in [1.807, 2.05) is 55.5 Å². The second kappa shape index (κ2) is 9.33. The van der Waals surface area contributed by atoms with Gasteiger partial charge in [0.05, 0.1) is 0 Å². The SMILES string of the molecule is Cc1nc(NCCc2ccc(Cl)cc2)cc(C(=O)NCc2ccccc2C)n1. The minimum Gasteiger partial charge on any atom is -0.370 e. The molecule has 144 valence electrons. The van der Waals surface area contributed by atoms with Crippen molar-refractivity contribution in [3.63, 3.8) is 0 Å². The number of anilines is 1. The Kier molecular flexibility index (Phi) is 6.61. The molecule has 0 spiro atoms. The molecule has 0 atom stereocenters. The molecular formula is C22H23ClN4O. The molecule has 6 heteroatoms. The van der Waals surface area contributed by atoms with Crippen molar-refractivity contribution in [1.82, 2.24) is 15.3 Å². The Morgan fingerprint density at radius 2 is 1.79 bits per heavy atom. The topological polar surface area (TPSA) is 66.9 Å². The lowest BCUT2D eigenvalue weighted by Crippen LogP contribution is -2.25. The van der Waals surface area contributed by atoms with Crippen LogP contribution in [0.5, 0.6) is 0 Å². The number of hydrogen-bond donors (Lipinski definition) is 2. The number of halogens is 1. The fourth-order valence-corrected chi connectivity index (χ4v) is 2.96. The fourth-order valence-electron chi connectivity index (χ4n) is 2.84. The van der Waals surface area contributed by atoms with Crippen LogP contribution in [0.1, 0.15) is 33.0 Å². The fraction of sp³-hybridized carbons (Fsp3) is 0.227. The summed E-state index contributed by atoms with van der Waals surface area (Å²) in [5.41, 5.74) is 3.77. The van der Waals surface area contributed by atoms with Crippen LogP contribution in [-0.2, 0) is 13.0 Å². The highest BCUT2D eigenvalue weighted by Crippen LogP contribution is 2.12. The zero-order valence-electron chi connectivity index (χ0n) is 16.0. The van der Waals surface area contributed by atoms with Crippen LogP contribution < -0.4 is 10.6 Å². The minimum atomic E-state index is -0.213. The molecule has 1 heterocycles. The van der Waals surface area contributed by atoms with Gasteiger partial charge in [0, 0.05) is 24.2 Å². The summed E-state index contributed by atoms with van der Waals surface area (Å²) >= 11 is 5.91. The summed E-state index contributed by atoms with van der Waals surface area (Å²) < 4.78 is 0. The first-order valence-corrected chi connectivity index (χ1v) is 9.56. The first kappa shape index (κ1) is 19.8. The average molecular weight is 395 g/mol. The third-order valence-corrected chi connectivity index (χ3v) is 4.66. The minimum absolute atomic E-state index is 0.213. The zero-order valence-corrected chi connectivity index (χ0v) is 16.8. The molecule has 0 radical (unpaired) electrons. The third kappa shape index (κ3) is 5.54. The predicted molar refractivity (Wildman–Crippen MR) is 113 cm³/mol. The summed E-state index contributed by atoms with van der Waals surface area (Å²) in [4.78, 5) is 21.2. The molecule has 2 aromatic carbocycles. The van der Waals surface area contributed by atoms with Gasteiger partial charge in [-0.25, -0.2) is 9.97 Å². The quantitative estimate of drug-likeness (QED) is 0.625. The molecule has 0 aliphatic carbocycles. The number of nitrogens with zero attached hydrogens (tertiary/aromatic N) is 2. The Morgan fingerprint density at radius 1 is 1.04 bits per heavy atom. The number of carbonyl (C=O) groups is 1. The van der Waals surface area contributed by atoms with Gasteiger partial charge in [0.15, 0.2) is 0 Å². The van der Waals surface area contributed by atoms with Crippen molar-refractivity contribution < 1.29 is 4.79 Å². The zero-order chi connectivity index (χ0) is 19.9. The van der Waals surface area contributed by atoms with Gasteiger partial charge >= 0.3 is 0 Å². The predicted octanol–water partition coefficient (Wildman–Crippen LogP) is 4.33. The van der Waals surface area contributed by atoms with Crippen molar-refractivity contribution in [1.29, 1.82) is 0 Å². The van der Waals surface area contributed by atoms with Gasteiger partial charge in [-0.2, -0.15) is 0 Å². The highest BCUT2D eigenvalue weighted by molar-refractivity contribution is 6.30. The molecule has 0 bridgehead atoms. The second-order valence-electron chi connectivity index (χ2n) is 6.60. The number of nitrogens with one attached hydrogen (secondary N) is 2. The van der Waals surface area contributed by atoms with Crippen molar-refractivity contribution in [3.8, 4) is 0 Å². The molecule has 0 saturated carbocycles. The Hall–Kier alpha value is -2.92. The molecule has 0 saturated heterocycles. The van der Waals surface area contributed by atoms with Gasteiger partial charge in [0.2, 0.25) is 0 Å². The van der Waals surface area contributed by atoms with Gasteiger partial charge in [0.25, 0.3) is 5.91 Å². The van der Waals surface area contributed by atoms with E-state index in [0.717, 1.165) is 22.6 Å². The van der Waals surface area contributed by atoms with Crippen LogP contribution in [-0.4, -0.2) is 22.4 Å². The van der Waals surface area contributed by atoms with Crippen LogP contribution in [0.25, 0.3) is 0 Å². The normalized spacial score (nSPS) is 10.5. The van der Waals surface area contributed by atoms with E-state index in [4.69, 9.17) is 11.6 Å². The van der Waals surface area contributed by atoms with Gasteiger partial charge < -0.3 is 10.6 Å². The average Bonchev–Trinajstić information content (AvgIpc) is 2.68. The highest BCUT2D eigenvalue weighted by Gasteiger charge is 2.11. The highest BCUT2D eigenvalue weighted by atomic mass is 35.5. The maximum atomic E-state index is 12.5. The van der Waals surface area contributed by atoms with Crippen LogP contribution >= 0.6 is 11.6 Å². The monoisotopic (exact) mass is 394 g/mol. The van der Waals surface area contributed by atoms with E-state index in [9.17, 15) is 4.79 Å². The summed E-state index contributed by atoms with van der Waals surface area (Å²) in [6, 6.07) is 17.4. The number of amides is 1. The van der Waals surface area contributed by atoms with Crippen LogP contribution in [0.15, 0.2) is 54.6 Å². The van der Waals surface area contributed by atoms with Gasteiger partial charge in [-0.15, -0.1) is 0 Å². The molecule has 0 fully saturated rings. The summed E-state index contributed by atoms with van der Waals surface area (Å²) in [6.07, 6.45) is 0.828. The van der Waals surface area contributed by atoms with E-state index < -0.39 is 0 Å². The standard InChI is InChI=1S/C22H23ClN4O/c1-15-5-3-4-6-18(15)14-25-22(28)20-13-21(27-16(2)26-20)24-12-11-17-7-9-19(23)10-8-17/h3-10,13H,11-12,14H2,1-2H3,(H,25,28)(H,24,26,27). The van der Waals surface area contributed by atoms with Crippen LogP contribution in [0, 0.1) is 13.8 Å². The van der Waals surface area contributed by atoms with Gasteiger partial charge in [-0.3, -0.25) is 4.79 Å². The van der Waals surface area contributed by atoms with E-state index in [1.165, 1.54) is 5.56 Å². The summed E-state index contributed by atoms with van der Waals surface area (Å²) in [5.74, 6) is 0.981. The largest absolute Gasteiger partial charge is 0.370 e. The van der Waals surface area contributed by atoms with Crippen molar-refractivity contribution in [2.45, 2.75) is 26.8 Å². The Bertz CT molecular complexity index is 957. The van der Waals surface area contributed by atoms with E-state index in [-0.39, 0.29) is 5.91 Å². The Balaban J connectivity index is 1.59. The summed E-state index contributed by atoms with van der Waals surface area (Å²) in [5, 5.41) is 6.92. The molecule has 0 aliphatic heterocycles. The Labute approximate surface area is 170 Å². The van der Waals surface area contributed by atoms with Crippen molar-refractivity contribution in [3.05, 3.63) is 87.8 Å². The van der Waals surface area contributed by atoms with Crippen molar-refractivity contribution >= 4 is 23.3 Å². The molecule has 3 aromatic rings. The number of benzene rings is 2.